The third-order valence-electron chi connectivity index (χ3n) is 4.17. The molecular weight excluding hydrogens is 256 g/mol. The molecule has 0 aromatic carbocycles. The minimum atomic E-state index is -0.258. The topological polar surface area (TPSA) is 70.3 Å². The number of hydrogen-bond acceptors (Lipinski definition) is 6. The lowest BCUT2D eigenvalue weighted by atomic mass is 10.1. The minimum absolute atomic E-state index is 0.258. The van der Waals surface area contributed by atoms with Crippen molar-refractivity contribution in [2.24, 2.45) is 0 Å². The first kappa shape index (κ1) is 13.9. The highest BCUT2D eigenvalue weighted by Crippen LogP contribution is 2.34. The van der Waals surface area contributed by atoms with Crippen LogP contribution in [0.1, 0.15) is 38.6 Å². The molecule has 2 heterocycles. The smallest absolute Gasteiger partial charge is 0.165 e. The van der Waals surface area contributed by atoms with Crippen molar-refractivity contribution in [2.75, 3.05) is 26.2 Å². The summed E-state index contributed by atoms with van der Waals surface area (Å²) in [6.45, 7) is 8.67. The quantitative estimate of drug-likeness (QED) is 0.812. The number of β-amino-alcohol motifs (C(OH)–C–C–N with tert-alkyl or cyclic N) is 1. The van der Waals surface area contributed by atoms with Crippen molar-refractivity contribution in [3.63, 3.8) is 0 Å². The Morgan fingerprint density at radius 1 is 1.35 bits per heavy atom. The molecule has 2 fully saturated rings. The van der Waals surface area contributed by atoms with Crippen molar-refractivity contribution in [2.45, 2.75) is 51.4 Å². The van der Waals surface area contributed by atoms with Gasteiger partial charge in [-0.3, -0.25) is 9.80 Å². The lowest BCUT2D eigenvalue weighted by molar-refractivity contribution is 0.0408. The molecule has 3 rings (SSSR count). The van der Waals surface area contributed by atoms with Crippen molar-refractivity contribution in [3.05, 3.63) is 5.82 Å². The Morgan fingerprint density at radius 3 is 2.80 bits per heavy atom. The Bertz CT molecular complexity index is 444. The normalized spacial score (nSPS) is 26.9. The Kier molecular flexibility index (Phi) is 4.00. The van der Waals surface area contributed by atoms with Crippen LogP contribution in [0.15, 0.2) is 0 Å². The zero-order valence-electron chi connectivity index (χ0n) is 12.3. The lowest BCUT2D eigenvalue weighted by Crippen LogP contribution is -2.53. The summed E-state index contributed by atoms with van der Waals surface area (Å²) < 4.78 is 1.99. The minimum Gasteiger partial charge on any atom is -0.392 e. The molecule has 1 aliphatic carbocycles. The molecule has 1 saturated carbocycles. The largest absolute Gasteiger partial charge is 0.392 e. The summed E-state index contributed by atoms with van der Waals surface area (Å²) in [6, 6.07) is 0.998. The first-order valence-corrected chi connectivity index (χ1v) is 7.54. The van der Waals surface area contributed by atoms with Crippen LogP contribution in [0.4, 0.5) is 0 Å². The number of hydrogen-bond donors (Lipinski definition) is 1. The van der Waals surface area contributed by atoms with E-state index < -0.39 is 0 Å². The van der Waals surface area contributed by atoms with E-state index in [2.05, 4.69) is 32.2 Å². The average Bonchev–Trinajstić information content (AvgIpc) is 3.13. The lowest BCUT2D eigenvalue weighted by Gasteiger charge is -2.40. The van der Waals surface area contributed by atoms with E-state index in [1.54, 1.807) is 0 Å². The number of aromatic nitrogens is 4. The fourth-order valence-corrected chi connectivity index (χ4v) is 2.94. The van der Waals surface area contributed by atoms with Gasteiger partial charge in [0.15, 0.2) is 5.82 Å². The van der Waals surface area contributed by atoms with E-state index in [1.807, 2.05) is 11.6 Å². The van der Waals surface area contributed by atoms with Crippen molar-refractivity contribution < 1.29 is 5.11 Å². The molecule has 0 spiro atoms. The van der Waals surface area contributed by atoms with Crippen molar-refractivity contribution in [1.82, 2.24) is 30.0 Å². The second-order valence-electron chi connectivity index (χ2n) is 6.20. The van der Waals surface area contributed by atoms with Gasteiger partial charge in [-0.15, -0.1) is 5.10 Å². The maximum atomic E-state index is 9.51. The summed E-state index contributed by atoms with van der Waals surface area (Å²) in [4.78, 5) is 4.76. The molecule has 112 valence electrons. The number of piperazine rings is 1. The highest BCUT2D eigenvalue weighted by Gasteiger charge is 2.30. The van der Waals surface area contributed by atoms with Crippen LogP contribution in [0, 0.1) is 0 Å². The summed E-state index contributed by atoms with van der Waals surface area (Å²) in [5, 5.41) is 21.6. The summed E-state index contributed by atoms with van der Waals surface area (Å²) in [5.74, 6) is 0.990. The van der Waals surface area contributed by atoms with E-state index in [-0.39, 0.29) is 6.10 Å². The summed E-state index contributed by atoms with van der Waals surface area (Å²) in [5.41, 5.74) is 0. The molecule has 20 heavy (non-hydrogen) atoms. The Labute approximate surface area is 119 Å². The number of nitrogens with zero attached hydrogens (tertiary/aromatic N) is 6. The zero-order chi connectivity index (χ0) is 14.1. The molecule has 0 bridgehead atoms. The van der Waals surface area contributed by atoms with Gasteiger partial charge in [0.05, 0.1) is 18.7 Å². The molecule has 0 radical (unpaired) electrons. The predicted molar refractivity (Wildman–Crippen MR) is 74.1 cm³/mol. The maximum absolute atomic E-state index is 9.51. The van der Waals surface area contributed by atoms with Gasteiger partial charge in [0.1, 0.15) is 0 Å². The molecule has 7 heteroatoms. The van der Waals surface area contributed by atoms with Crippen molar-refractivity contribution >= 4 is 0 Å². The van der Waals surface area contributed by atoms with E-state index >= 15 is 0 Å². The van der Waals surface area contributed by atoms with Crippen LogP contribution in [0.3, 0.4) is 0 Å². The van der Waals surface area contributed by atoms with Gasteiger partial charge in [0, 0.05) is 32.2 Å². The molecule has 1 aromatic heterocycles. The second-order valence-corrected chi connectivity index (χ2v) is 6.20. The molecule has 2 unspecified atom stereocenters. The highest BCUT2D eigenvalue weighted by molar-refractivity contribution is 4.92. The van der Waals surface area contributed by atoms with Crippen LogP contribution in [-0.2, 0) is 6.54 Å². The van der Waals surface area contributed by atoms with Gasteiger partial charge in [-0.2, -0.15) is 0 Å². The summed E-state index contributed by atoms with van der Waals surface area (Å²) in [6.07, 6.45) is 2.15. The SMILES string of the molecule is CC(O)CN1CCN(Cc2nnnn2C2CC2)CC1C. The van der Waals surface area contributed by atoms with Crippen LogP contribution >= 0.6 is 0 Å². The van der Waals surface area contributed by atoms with Gasteiger partial charge in [-0.25, -0.2) is 4.68 Å². The molecule has 1 N–H and O–H groups in total. The van der Waals surface area contributed by atoms with Gasteiger partial charge < -0.3 is 5.11 Å². The zero-order valence-corrected chi connectivity index (χ0v) is 12.3. The Morgan fingerprint density at radius 2 is 2.15 bits per heavy atom. The molecule has 7 nitrogen and oxygen atoms in total. The number of aliphatic hydroxyl groups is 1. The van der Waals surface area contributed by atoms with Gasteiger partial charge in [-0.05, 0) is 37.1 Å². The molecule has 1 saturated heterocycles. The monoisotopic (exact) mass is 280 g/mol. The van der Waals surface area contributed by atoms with Crippen LogP contribution in [-0.4, -0.2) is 73.4 Å². The van der Waals surface area contributed by atoms with Gasteiger partial charge >= 0.3 is 0 Å². The molecule has 2 aliphatic rings. The number of tetrazole rings is 1. The van der Waals surface area contributed by atoms with Crippen LogP contribution in [0.25, 0.3) is 0 Å². The Hall–Kier alpha value is -1.05. The van der Waals surface area contributed by atoms with Gasteiger partial charge in [0.2, 0.25) is 0 Å². The first-order chi connectivity index (χ1) is 9.63. The molecule has 1 aromatic rings. The van der Waals surface area contributed by atoms with E-state index in [1.165, 1.54) is 12.8 Å². The van der Waals surface area contributed by atoms with E-state index in [9.17, 15) is 5.11 Å². The molecule has 0 amide bonds. The van der Waals surface area contributed by atoms with E-state index in [0.29, 0.717) is 12.1 Å². The molecule has 1 aliphatic heterocycles. The second kappa shape index (κ2) is 5.75. The number of rotatable bonds is 5. The summed E-state index contributed by atoms with van der Waals surface area (Å²) >= 11 is 0. The van der Waals surface area contributed by atoms with Crippen molar-refractivity contribution in [3.8, 4) is 0 Å². The fourth-order valence-electron chi connectivity index (χ4n) is 2.94. The average molecular weight is 280 g/mol. The van der Waals surface area contributed by atoms with Crippen molar-refractivity contribution in [1.29, 1.82) is 0 Å². The first-order valence-electron chi connectivity index (χ1n) is 7.54. The Balaban J connectivity index is 1.56. The van der Waals surface area contributed by atoms with Crippen LogP contribution < -0.4 is 0 Å². The maximum Gasteiger partial charge on any atom is 0.165 e. The van der Waals surface area contributed by atoms with E-state index in [0.717, 1.165) is 38.5 Å². The van der Waals surface area contributed by atoms with Gasteiger partial charge in [0.25, 0.3) is 0 Å². The van der Waals surface area contributed by atoms with Gasteiger partial charge in [-0.1, -0.05) is 0 Å². The third-order valence-corrected chi connectivity index (χ3v) is 4.17. The number of aliphatic hydroxyl groups excluding tert-OH is 1. The van der Waals surface area contributed by atoms with Crippen LogP contribution in [0.2, 0.25) is 0 Å². The molecule has 2 atom stereocenters. The fraction of sp³-hybridized carbons (Fsp3) is 0.923. The third kappa shape index (κ3) is 3.16. The predicted octanol–water partition coefficient (Wildman–Crippen LogP) is -0.105. The van der Waals surface area contributed by atoms with E-state index in [4.69, 9.17) is 0 Å². The molecular formula is C13H24N6O. The highest BCUT2D eigenvalue weighted by atomic mass is 16.3. The summed E-state index contributed by atoms with van der Waals surface area (Å²) in [7, 11) is 0. The standard InChI is InChI=1S/C13H24N6O/c1-10-7-17(5-6-18(10)8-11(2)20)9-13-14-15-16-19(13)12-3-4-12/h10-12,20H,3-9H2,1-2H3. The van der Waals surface area contributed by atoms with Crippen LogP contribution in [0.5, 0.6) is 0 Å².